The number of sulfonamides is 1. The van der Waals surface area contributed by atoms with Crippen LogP contribution in [0.25, 0.3) is 11.1 Å². The zero-order valence-corrected chi connectivity index (χ0v) is 25.4. The van der Waals surface area contributed by atoms with Crippen molar-refractivity contribution in [3.05, 3.63) is 83.9 Å². The number of rotatable bonds is 12. The molecule has 43 heavy (non-hydrogen) atoms. The molecule has 0 heterocycles. The zero-order valence-electron chi connectivity index (χ0n) is 24.6. The van der Waals surface area contributed by atoms with Gasteiger partial charge in [0.25, 0.3) is 10.0 Å². The van der Waals surface area contributed by atoms with E-state index >= 15 is 0 Å². The number of nitrogens with two attached hydrogens (primary N) is 1. The summed E-state index contributed by atoms with van der Waals surface area (Å²) in [7, 11) is -4.32. The molecule has 0 spiro atoms. The van der Waals surface area contributed by atoms with Gasteiger partial charge >= 0.3 is 6.09 Å². The minimum absolute atomic E-state index is 0.0492. The van der Waals surface area contributed by atoms with Crippen molar-refractivity contribution in [1.29, 1.82) is 0 Å². The van der Waals surface area contributed by atoms with Crippen LogP contribution in [0.2, 0.25) is 0 Å². The van der Waals surface area contributed by atoms with E-state index in [-0.39, 0.29) is 17.4 Å². The standard InChI is InChI=1S/C33H40N2O7S/c1-3-11-31(36)35-43(39,40)30-21-24(23(2)33(38,22-41-32(34)37)26-13-6-4-7-14-26)18-19-29(30)25-12-10-17-28(20-25)42-27-15-8-5-9-16-27/h4,6-7,10,12-14,17-21,23,27,38H,3,5,8-9,11,15-16,22H2,1-2H3,(H2,34,37)(H,35,36)/t23?,33-/m1/s1. The van der Waals surface area contributed by atoms with E-state index in [4.69, 9.17) is 15.2 Å². The number of carbonyl (C=O) groups is 2. The summed E-state index contributed by atoms with van der Waals surface area (Å²) in [4.78, 5) is 23.8. The normalized spacial score (nSPS) is 16.1. The monoisotopic (exact) mass is 608 g/mol. The SMILES string of the molecule is CCCC(=O)NS(=O)(=O)c1cc(C(C)[C@](O)(COC(N)=O)c2ccccc2)ccc1-c1cccc(OC2CCCCC2)c1. The Morgan fingerprint density at radius 3 is 2.42 bits per heavy atom. The Balaban J connectivity index is 1.79. The molecular formula is C33H40N2O7S. The van der Waals surface area contributed by atoms with Gasteiger partial charge < -0.3 is 20.3 Å². The van der Waals surface area contributed by atoms with E-state index in [2.05, 4.69) is 4.72 Å². The first-order chi connectivity index (χ1) is 20.5. The Labute approximate surface area is 253 Å². The van der Waals surface area contributed by atoms with E-state index in [1.807, 2.05) is 12.1 Å². The molecule has 1 saturated carbocycles. The molecule has 230 valence electrons. The molecule has 0 aliphatic heterocycles. The summed E-state index contributed by atoms with van der Waals surface area (Å²) < 4.78 is 40.9. The second kappa shape index (κ2) is 14.1. The molecule has 2 atom stereocenters. The fourth-order valence-corrected chi connectivity index (χ4v) is 6.78. The number of ether oxygens (including phenoxy) is 2. The lowest BCUT2D eigenvalue weighted by Crippen LogP contribution is -2.39. The van der Waals surface area contributed by atoms with Crippen molar-refractivity contribution in [2.75, 3.05) is 6.61 Å². The minimum Gasteiger partial charge on any atom is -0.490 e. The summed E-state index contributed by atoms with van der Waals surface area (Å²) >= 11 is 0. The smallest absolute Gasteiger partial charge is 0.404 e. The maximum atomic E-state index is 13.7. The molecule has 0 saturated heterocycles. The topological polar surface area (TPSA) is 145 Å². The van der Waals surface area contributed by atoms with Crippen LogP contribution in [0, 0.1) is 0 Å². The first kappa shape index (κ1) is 32.0. The molecule has 1 aliphatic rings. The van der Waals surface area contributed by atoms with Crippen LogP contribution < -0.4 is 15.2 Å². The maximum absolute atomic E-state index is 13.7. The highest BCUT2D eigenvalue weighted by atomic mass is 32.2. The van der Waals surface area contributed by atoms with Gasteiger partial charge in [-0.3, -0.25) is 4.79 Å². The molecule has 4 N–H and O–H groups in total. The van der Waals surface area contributed by atoms with Crippen molar-refractivity contribution in [2.24, 2.45) is 5.73 Å². The average Bonchev–Trinajstić information content (AvgIpc) is 3.00. The number of amides is 2. The highest BCUT2D eigenvalue weighted by molar-refractivity contribution is 7.90. The zero-order chi connectivity index (χ0) is 31.0. The molecule has 0 bridgehead atoms. The molecular weight excluding hydrogens is 568 g/mol. The van der Waals surface area contributed by atoms with Gasteiger partial charge in [-0.1, -0.05) is 74.9 Å². The molecule has 3 aromatic rings. The number of primary amides is 1. The predicted molar refractivity (Wildman–Crippen MR) is 164 cm³/mol. The fourth-order valence-electron chi connectivity index (χ4n) is 5.51. The van der Waals surface area contributed by atoms with Crippen LogP contribution in [-0.4, -0.2) is 38.2 Å². The Morgan fingerprint density at radius 1 is 1.02 bits per heavy atom. The molecule has 0 radical (unpaired) electrons. The summed E-state index contributed by atoms with van der Waals surface area (Å²) in [5.74, 6) is -0.733. The molecule has 3 aromatic carbocycles. The number of benzene rings is 3. The van der Waals surface area contributed by atoms with Crippen molar-refractivity contribution in [3.8, 4) is 16.9 Å². The van der Waals surface area contributed by atoms with Crippen LogP contribution >= 0.6 is 0 Å². The van der Waals surface area contributed by atoms with Crippen molar-refractivity contribution in [2.45, 2.75) is 81.3 Å². The largest absolute Gasteiger partial charge is 0.490 e. The third-order valence-electron chi connectivity index (χ3n) is 7.94. The van der Waals surface area contributed by atoms with Gasteiger partial charge in [0.05, 0.1) is 11.0 Å². The molecule has 1 unspecified atom stereocenters. The first-order valence-electron chi connectivity index (χ1n) is 14.7. The molecule has 1 aliphatic carbocycles. The Morgan fingerprint density at radius 2 is 1.74 bits per heavy atom. The molecule has 2 amide bonds. The van der Waals surface area contributed by atoms with E-state index in [1.165, 1.54) is 12.5 Å². The Hall–Kier alpha value is -3.89. The highest BCUT2D eigenvalue weighted by Gasteiger charge is 2.39. The number of carbonyl (C=O) groups excluding carboxylic acids is 2. The minimum atomic E-state index is -4.32. The van der Waals surface area contributed by atoms with Crippen LogP contribution in [0.5, 0.6) is 5.75 Å². The van der Waals surface area contributed by atoms with Gasteiger partial charge in [-0.25, -0.2) is 17.9 Å². The number of aliphatic hydroxyl groups is 1. The summed E-state index contributed by atoms with van der Waals surface area (Å²) in [5.41, 5.74) is 5.37. The van der Waals surface area contributed by atoms with Gasteiger partial charge in [-0.15, -0.1) is 0 Å². The van der Waals surface area contributed by atoms with Gasteiger partial charge in [-0.05, 0) is 67.0 Å². The predicted octanol–water partition coefficient (Wildman–Crippen LogP) is 5.76. The van der Waals surface area contributed by atoms with Crippen LogP contribution in [0.1, 0.15) is 75.8 Å². The van der Waals surface area contributed by atoms with Crippen molar-refractivity contribution >= 4 is 22.0 Å². The third kappa shape index (κ3) is 7.94. The van der Waals surface area contributed by atoms with Gasteiger partial charge in [-0.2, -0.15) is 0 Å². The maximum Gasteiger partial charge on any atom is 0.404 e. The van der Waals surface area contributed by atoms with Gasteiger partial charge in [0, 0.05) is 17.9 Å². The number of hydrogen-bond acceptors (Lipinski definition) is 7. The quantitative estimate of drug-likeness (QED) is 0.237. The lowest BCUT2D eigenvalue weighted by Gasteiger charge is -2.34. The second-order valence-corrected chi connectivity index (χ2v) is 12.7. The summed E-state index contributed by atoms with van der Waals surface area (Å²) in [6.07, 6.45) is 4.98. The number of hydrogen-bond donors (Lipinski definition) is 3. The van der Waals surface area contributed by atoms with Crippen LogP contribution in [0.15, 0.2) is 77.7 Å². The van der Waals surface area contributed by atoms with Crippen LogP contribution in [0.4, 0.5) is 4.79 Å². The molecule has 1 fully saturated rings. The van der Waals surface area contributed by atoms with E-state index < -0.39 is 40.1 Å². The van der Waals surface area contributed by atoms with Crippen LogP contribution in [-0.2, 0) is 25.2 Å². The van der Waals surface area contributed by atoms with Crippen molar-refractivity contribution in [1.82, 2.24) is 4.72 Å². The average molecular weight is 609 g/mol. The molecule has 4 rings (SSSR count). The van der Waals surface area contributed by atoms with Crippen molar-refractivity contribution < 1.29 is 32.6 Å². The highest BCUT2D eigenvalue weighted by Crippen LogP contribution is 2.40. The summed E-state index contributed by atoms with van der Waals surface area (Å²) in [5, 5.41) is 11.9. The Bertz CT molecular complexity index is 1520. The summed E-state index contributed by atoms with van der Waals surface area (Å²) in [6.45, 7) is 3.04. The van der Waals surface area contributed by atoms with Crippen molar-refractivity contribution in [3.63, 3.8) is 0 Å². The molecule has 9 nitrogen and oxygen atoms in total. The van der Waals surface area contributed by atoms with Gasteiger partial charge in [0.1, 0.15) is 18.0 Å². The lowest BCUT2D eigenvalue weighted by molar-refractivity contribution is -0.119. The van der Waals surface area contributed by atoms with E-state index in [9.17, 15) is 23.1 Å². The van der Waals surface area contributed by atoms with E-state index in [0.717, 1.165) is 25.7 Å². The molecule has 10 heteroatoms. The third-order valence-corrected chi connectivity index (χ3v) is 9.36. The van der Waals surface area contributed by atoms with Gasteiger partial charge in [0.2, 0.25) is 5.91 Å². The summed E-state index contributed by atoms with van der Waals surface area (Å²) in [6, 6.07) is 20.7. The molecule has 0 aromatic heterocycles. The first-order valence-corrected chi connectivity index (χ1v) is 16.2. The van der Waals surface area contributed by atoms with E-state index in [0.29, 0.717) is 34.4 Å². The van der Waals surface area contributed by atoms with E-state index in [1.54, 1.807) is 68.4 Å². The number of nitrogens with one attached hydrogen (secondary N) is 1. The van der Waals surface area contributed by atoms with Gasteiger partial charge in [0.15, 0.2) is 0 Å². The van der Waals surface area contributed by atoms with Crippen LogP contribution in [0.3, 0.4) is 0 Å². The second-order valence-electron chi connectivity index (χ2n) is 11.1. The lowest BCUT2D eigenvalue weighted by atomic mass is 9.78. The Kier molecular flexibility index (Phi) is 10.5. The fraction of sp³-hybridized carbons (Fsp3) is 0.394.